The third-order valence-electron chi connectivity index (χ3n) is 2.53. The van der Waals surface area contributed by atoms with E-state index in [1.807, 2.05) is 11.4 Å². The Labute approximate surface area is 112 Å². The van der Waals surface area contributed by atoms with Crippen molar-refractivity contribution in [1.29, 1.82) is 0 Å². The molecule has 0 aliphatic carbocycles. The highest BCUT2D eigenvalue weighted by Crippen LogP contribution is 2.24. The van der Waals surface area contributed by atoms with Gasteiger partial charge in [-0.3, -0.25) is 4.79 Å². The van der Waals surface area contributed by atoms with E-state index in [2.05, 4.69) is 0 Å². The van der Waals surface area contributed by atoms with Gasteiger partial charge in [-0.1, -0.05) is 24.3 Å². The first-order chi connectivity index (χ1) is 10.2. The lowest BCUT2D eigenvalue weighted by atomic mass is 10.0. The molecule has 0 atom stereocenters. The molecule has 0 unspecified atom stereocenters. The third-order valence-corrected chi connectivity index (χ3v) is 2.53. The van der Waals surface area contributed by atoms with Crippen LogP contribution in [0, 0.1) is 0 Å². The lowest BCUT2D eigenvalue weighted by molar-refractivity contribution is -0.118. The molecule has 0 radical (unpaired) electrons. The zero-order valence-corrected chi connectivity index (χ0v) is 10.3. The number of methoxy groups -OCH3 is 1. The molecule has 2 aromatic rings. The van der Waals surface area contributed by atoms with E-state index in [-0.39, 0.29) is 5.56 Å². The Morgan fingerprint density at radius 1 is 1.39 bits per heavy atom. The molecule has 18 heavy (non-hydrogen) atoms. The Hall–Kier alpha value is -2.03. The van der Waals surface area contributed by atoms with Crippen molar-refractivity contribution < 1.29 is 15.0 Å². The Balaban J connectivity index is 2.64. The van der Waals surface area contributed by atoms with Gasteiger partial charge in [-0.25, -0.2) is 0 Å². The topological polar surface area (TPSA) is 38.3 Å². The summed E-state index contributed by atoms with van der Waals surface area (Å²) in [5.74, 6) is -0.0810. The Bertz CT molecular complexity index is 716. The van der Waals surface area contributed by atoms with Gasteiger partial charge in [0.2, 0.25) is 5.91 Å². The van der Waals surface area contributed by atoms with E-state index in [1.54, 1.807) is 24.3 Å². The average Bonchev–Trinajstić information content (AvgIpc) is 2.44. The summed E-state index contributed by atoms with van der Waals surface area (Å²) in [4.78, 5) is 11.2. The van der Waals surface area contributed by atoms with Crippen LogP contribution in [0.5, 0.6) is 5.75 Å². The van der Waals surface area contributed by atoms with Crippen LogP contribution >= 0.6 is 0 Å². The van der Waals surface area contributed by atoms with Gasteiger partial charge in [0.05, 0.1) is 7.11 Å². The van der Waals surface area contributed by atoms with Crippen LogP contribution in [0.15, 0.2) is 36.4 Å². The van der Waals surface area contributed by atoms with Crippen LogP contribution in [0.25, 0.3) is 10.8 Å². The number of aryl methyl sites for hydroxylation is 1. The molecule has 2 aromatic carbocycles. The number of carbonyl (C=O) groups is 1. The quantitative estimate of drug-likeness (QED) is 0.901. The third kappa shape index (κ3) is 2.80. The van der Waals surface area contributed by atoms with Gasteiger partial charge in [-0.15, -0.1) is 0 Å². The average molecular weight is 247 g/mol. The minimum atomic E-state index is -2.55. The molecule has 0 bridgehead atoms. The number of rotatable bonds is 4. The molecule has 0 saturated carbocycles. The first-order valence-corrected chi connectivity index (χ1v) is 5.55. The van der Waals surface area contributed by atoms with Gasteiger partial charge in [0.1, 0.15) is 5.75 Å². The number of nitrogens with one attached hydrogen (secondary N) is 1. The summed E-state index contributed by atoms with van der Waals surface area (Å²) in [6, 6.07) is 10.2. The van der Waals surface area contributed by atoms with E-state index in [9.17, 15) is 4.79 Å². The van der Waals surface area contributed by atoms with Crippen LogP contribution < -0.4 is 10.1 Å². The van der Waals surface area contributed by atoms with E-state index in [0.29, 0.717) is 11.1 Å². The van der Waals surface area contributed by atoms with Crippen molar-refractivity contribution in [3.05, 3.63) is 42.0 Å². The Kier molecular flexibility index (Phi) is 2.50. The van der Waals surface area contributed by atoms with E-state index >= 15 is 0 Å². The molecule has 1 N–H and O–H groups in total. The summed E-state index contributed by atoms with van der Waals surface area (Å²) in [6.07, 6.45) is -2.41. The number of hydrogen-bond acceptors (Lipinski definition) is 2. The van der Waals surface area contributed by atoms with Crippen molar-refractivity contribution in [3.63, 3.8) is 0 Å². The zero-order chi connectivity index (χ0) is 16.5. The minimum absolute atomic E-state index is 0.155. The number of carbonyl (C=O) groups excluding carboxylic acids is 1. The fraction of sp³-hybridized carbons (Fsp3) is 0.267. The standard InChI is InChI=1S/C15H17NO2/c1-11(17)16-9-8-13-5-3-4-12-6-7-14(18-2)10-15(12)13/h3-7,10H,8-9H2,1-2H3,(H,16,17)/i8D2,9D2. The van der Waals surface area contributed by atoms with Crippen LogP contribution in [0.1, 0.15) is 18.0 Å². The second-order valence-electron chi connectivity index (χ2n) is 3.82. The van der Waals surface area contributed by atoms with E-state index < -0.39 is 18.8 Å². The van der Waals surface area contributed by atoms with Crippen molar-refractivity contribution in [3.8, 4) is 5.75 Å². The zero-order valence-electron chi connectivity index (χ0n) is 14.3. The van der Waals surface area contributed by atoms with Crippen molar-refractivity contribution in [2.45, 2.75) is 13.3 Å². The largest absolute Gasteiger partial charge is 0.497 e. The molecule has 3 heteroatoms. The summed E-state index contributed by atoms with van der Waals surface area (Å²) >= 11 is 0. The molecule has 0 heterocycles. The van der Waals surface area contributed by atoms with Crippen molar-refractivity contribution in [1.82, 2.24) is 5.32 Å². The van der Waals surface area contributed by atoms with Crippen LogP contribution in [-0.4, -0.2) is 19.5 Å². The van der Waals surface area contributed by atoms with Gasteiger partial charge in [0, 0.05) is 18.9 Å². The fourth-order valence-corrected chi connectivity index (χ4v) is 1.67. The van der Waals surface area contributed by atoms with Crippen LogP contribution in [0.3, 0.4) is 0 Å². The Morgan fingerprint density at radius 3 is 2.94 bits per heavy atom. The van der Waals surface area contributed by atoms with Gasteiger partial charge < -0.3 is 10.1 Å². The highest BCUT2D eigenvalue weighted by molar-refractivity contribution is 5.87. The number of benzene rings is 2. The highest BCUT2D eigenvalue weighted by atomic mass is 16.5. The molecule has 0 saturated heterocycles. The molecule has 2 rings (SSSR count). The van der Waals surface area contributed by atoms with E-state index in [0.717, 1.165) is 12.3 Å². The van der Waals surface area contributed by atoms with E-state index in [1.165, 1.54) is 13.2 Å². The summed E-state index contributed by atoms with van der Waals surface area (Å²) in [5.41, 5.74) is 0.155. The molecule has 94 valence electrons. The van der Waals surface area contributed by atoms with Gasteiger partial charge in [-0.05, 0) is 34.8 Å². The summed E-state index contributed by atoms with van der Waals surface area (Å²) in [6.45, 7) is -1.39. The molecule has 1 amide bonds. The second kappa shape index (κ2) is 5.54. The smallest absolute Gasteiger partial charge is 0.216 e. The van der Waals surface area contributed by atoms with Gasteiger partial charge in [0.15, 0.2) is 0 Å². The van der Waals surface area contributed by atoms with E-state index in [4.69, 9.17) is 10.2 Å². The molecule has 0 fully saturated rings. The number of amides is 1. The van der Waals surface area contributed by atoms with Crippen LogP contribution in [0.2, 0.25) is 0 Å². The monoisotopic (exact) mass is 247 g/mol. The summed E-state index contributed by atoms with van der Waals surface area (Å²) in [5, 5.41) is 3.35. The molecule has 0 aromatic heterocycles. The van der Waals surface area contributed by atoms with Gasteiger partial charge in [-0.2, -0.15) is 0 Å². The summed E-state index contributed by atoms with van der Waals surface area (Å²) < 4.78 is 37.4. The normalized spacial score (nSPS) is 15.2. The Morgan fingerprint density at radius 2 is 2.22 bits per heavy atom. The maximum absolute atomic E-state index is 11.2. The highest BCUT2D eigenvalue weighted by Gasteiger charge is 2.03. The van der Waals surface area contributed by atoms with Crippen molar-refractivity contribution in [2.24, 2.45) is 0 Å². The van der Waals surface area contributed by atoms with Crippen LogP contribution in [0.4, 0.5) is 0 Å². The van der Waals surface area contributed by atoms with Gasteiger partial charge in [0.25, 0.3) is 0 Å². The molecule has 0 spiro atoms. The summed E-state index contributed by atoms with van der Waals surface area (Å²) in [7, 11) is 1.51. The predicted octanol–water partition coefficient (Wildman–Crippen LogP) is 2.53. The van der Waals surface area contributed by atoms with Crippen molar-refractivity contribution >= 4 is 16.7 Å². The first kappa shape index (κ1) is 8.14. The number of ether oxygens (including phenoxy) is 1. The maximum atomic E-state index is 11.2. The predicted molar refractivity (Wildman–Crippen MR) is 72.9 cm³/mol. The number of fused-ring (bicyclic) bond motifs is 1. The number of hydrogen-bond donors (Lipinski definition) is 1. The maximum Gasteiger partial charge on any atom is 0.216 e. The molecule has 0 aliphatic rings. The van der Waals surface area contributed by atoms with Crippen molar-refractivity contribution in [2.75, 3.05) is 13.6 Å². The molecule has 0 aliphatic heterocycles. The lowest BCUT2D eigenvalue weighted by Crippen LogP contribution is -2.22. The second-order valence-corrected chi connectivity index (χ2v) is 3.82. The minimum Gasteiger partial charge on any atom is -0.497 e. The molecule has 3 nitrogen and oxygen atoms in total. The SMILES string of the molecule is [2H]C([2H])(NC(C)=O)C([2H])([2H])c1cccc2ccc(OC)cc12. The lowest BCUT2D eigenvalue weighted by Gasteiger charge is -2.08. The van der Waals surface area contributed by atoms with Crippen LogP contribution in [-0.2, 0) is 11.2 Å². The molecular weight excluding hydrogens is 226 g/mol. The fourth-order valence-electron chi connectivity index (χ4n) is 1.67. The van der Waals surface area contributed by atoms with Gasteiger partial charge >= 0.3 is 0 Å². The first-order valence-electron chi connectivity index (χ1n) is 7.55. The molecular formula is C15H17NO2.